The van der Waals surface area contributed by atoms with Crippen molar-refractivity contribution in [3.63, 3.8) is 0 Å². The van der Waals surface area contributed by atoms with Crippen LogP contribution in [0.15, 0.2) is 60.7 Å². The minimum atomic E-state index is -0.245. The van der Waals surface area contributed by atoms with Gasteiger partial charge < -0.3 is 24.6 Å². The summed E-state index contributed by atoms with van der Waals surface area (Å²) in [5, 5.41) is 6.55. The number of rotatable bonds is 6. The van der Waals surface area contributed by atoms with Crippen molar-refractivity contribution in [2.45, 2.75) is 13.8 Å². The van der Waals surface area contributed by atoms with E-state index in [1.807, 2.05) is 67.6 Å². The van der Waals surface area contributed by atoms with Crippen molar-refractivity contribution < 1.29 is 19.1 Å². The number of aryl methyl sites for hydroxylation is 1. The maximum Gasteiger partial charge on any atom is 0.321 e. The highest BCUT2D eigenvalue weighted by atomic mass is 16.5. The zero-order chi connectivity index (χ0) is 28.2. The van der Waals surface area contributed by atoms with Gasteiger partial charge in [-0.15, -0.1) is 0 Å². The summed E-state index contributed by atoms with van der Waals surface area (Å²) >= 11 is 0. The number of benzene rings is 3. The number of piperazine rings is 1. The molecule has 1 fully saturated rings. The van der Waals surface area contributed by atoms with E-state index in [1.165, 1.54) is 6.92 Å². The van der Waals surface area contributed by atoms with Gasteiger partial charge >= 0.3 is 6.03 Å². The standard InChI is InChI=1S/C30H32N6O4/c1-19-6-5-7-23(16-19)32-30(38)36-14-12-35(13-15-36)28-24-17-21(22-9-11-26(39-3)27(18-22)40-4)8-10-25(24)33-29(34-28)31-20(2)37/h5-11,16-18H,12-15H2,1-4H3,(H,32,38)(H,31,33,34,37). The van der Waals surface area contributed by atoms with Crippen molar-refractivity contribution in [1.29, 1.82) is 0 Å². The van der Waals surface area contributed by atoms with E-state index < -0.39 is 0 Å². The normalized spacial score (nSPS) is 13.2. The number of ether oxygens (including phenoxy) is 2. The number of fused-ring (bicyclic) bond motifs is 1. The maximum absolute atomic E-state index is 12.9. The third-order valence-corrected chi connectivity index (χ3v) is 6.82. The van der Waals surface area contributed by atoms with Crippen LogP contribution in [0, 0.1) is 6.92 Å². The molecule has 206 valence electrons. The van der Waals surface area contributed by atoms with Gasteiger partial charge in [0.05, 0.1) is 19.7 Å². The Bertz CT molecular complexity index is 1570. The molecule has 5 rings (SSSR count). The summed E-state index contributed by atoms with van der Waals surface area (Å²) < 4.78 is 10.9. The molecule has 0 aliphatic carbocycles. The van der Waals surface area contributed by atoms with Gasteiger partial charge in [0.15, 0.2) is 11.5 Å². The Kier molecular flexibility index (Phi) is 7.68. The van der Waals surface area contributed by atoms with Crippen LogP contribution in [0.2, 0.25) is 0 Å². The van der Waals surface area contributed by atoms with Crippen molar-refractivity contribution in [3.05, 3.63) is 66.2 Å². The molecule has 3 amide bonds. The monoisotopic (exact) mass is 540 g/mol. The number of amides is 3. The van der Waals surface area contributed by atoms with Gasteiger partial charge in [0, 0.05) is 44.2 Å². The van der Waals surface area contributed by atoms with Crippen LogP contribution in [0.5, 0.6) is 11.5 Å². The lowest BCUT2D eigenvalue weighted by molar-refractivity contribution is -0.114. The Morgan fingerprint density at radius 1 is 0.825 bits per heavy atom. The van der Waals surface area contributed by atoms with E-state index in [0.717, 1.165) is 27.8 Å². The molecule has 0 saturated carbocycles. The Morgan fingerprint density at radius 2 is 1.55 bits per heavy atom. The van der Waals surface area contributed by atoms with E-state index in [0.29, 0.717) is 49.0 Å². The van der Waals surface area contributed by atoms with E-state index in [-0.39, 0.29) is 17.9 Å². The van der Waals surface area contributed by atoms with Crippen molar-refractivity contribution in [2.24, 2.45) is 0 Å². The van der Waals surface area contributed by atoms with Crippen molar-refractivity contribution >= 4 is 40.3 Å². The molecule has 0 radical (unpaired) electrons. The van der Waals surface area contributed by atoms with Crippen LogP contribution in [0.3, 0.4) is 0 Å². The molecule has 4 aromatic rings. The first-order chi connectivity index (χ1) is 19.3. The van der Waals surface area contributed by atoms with Crippen LogP contribution in [-0.2, 0) is 4.79 Å². The van der Waals surface area contributed by atoms with E-state index in [4.69, 9.17) is 14.5 Å². The Labute approximate surface area is 232 Å². The molecule has 0 atom stereocenters. The fourth-order valence-corrected chi connectivity index (χ4v) is 4.81. The lowest BCUT2D eigenvalue weighted by Gasteiger charge is -2.36. The number of carbonyl (C=O) groups excluding carboxylic acids is 2. The number of nitrogens with zero attached hydrogens (tertiary/aromatic N) is 4. The first-order valence-electron chi connectivity index (χ1n) is 13.0. The number of anilines is 3. The average Bonchev–Trinajstić information content (AvgIpc) is 2.96. The molecule has 1 aromatic heterocycles. The van der Waals surface area contributed by atoms with Crippen LogP contribution in [0.4, 0.5) is 22.2 Å². The summed E-state index contributed by atoms with van der Waals surface area (Å²) in [4.78, 5) is 37.9. The third-order valence-electron chi connectivity index (χ3n) is 6.82. The van der Waals surface area contributed by atoms with E-state index >= 15 is 0 Å². The molecule has 2 heterocycles. The van der Waals surface area contributed by atoms with Gasteiger partial charge in [0.1, 0.15) is 5.82 Å². The van der Waals surface area contributed by atoms with Crippen LogP contribution < -0.4 is 25.0 Å². The second kappa shape index (κ2) is 11.5. The minimum Gasteiger partial charge on any atom is -0.493 e. The number of hydrogen-bond acceptors (Lipinski definition) is 7. The lowest BCUT2D eigenvalue weighted by Crippen LogP contribution is -2.50. The number of urea groups is 1. The minimum absolute atomic E-state index is 0.132. The number of aromatic nitrogens is 2. The number of methoxy groups -OCH3 is 2. The van der Waals surface area contributed by atoms with E-state index in [2.05, 4.69) is 20.5 Å². The lowest BCUT2D eigenvalue weighted by atomic mass is 10.0. The summed E-state index contributed by atoms with van der Waals surface area (Å²) in [7, 11) is 3.22. The Hall–Kier alpha value is -4.86. The second-order valence-corrected chi connectivity index (χ2v) is 9.63. The molecule has 0 unspecified atom stereocenters. The van der Waals surface area contributed by atoms with Crippen molar-refractivity contribution in [1.82, 2.24) is 14.9 Å². The van der Waals surface area contributed by atoms with Crippen LogP contribution in [-0.4, -0.2) is 67.2 Å². The summed E-state index contributed by atoms with van der Waals surface area (Å²) in [5.74, 6) is 1.99. The smallest absolute Gasteiger partial charge is 0.321 e. The van der Waals surface area contributed by atoms with Gasteiger partial charge in [-0.3, -0.25) is 10.1 Å². The Morgan fingerprint density at radius 3 is 2.25 bits per heavy atom. The van der Waals surface area contributed by atoms with E-state index in [1.54, 1.807) is 19.1 Å². The molecule has 10 heteroatoms. The highest BCUT2D eigenvalue weighted by molar-refractivity contribution is 5.96. The highest BCUT2D eigenvalue weighted by Crippen LogP contribution is 2.35. The fraction of sp³-hybridized carbons (Fsp3) is 0.267. The summed E-state index contributed by atoms with van der Waals surface area (Å²) in [6.07, 6.45) is 0. The van der Waals surface area contributed by atoms with Gasteiger partial charge in [0.2, 0.25) is 11.9 Å². The largest absolute Gasteiger partial charge is 0.493 e. The quantitative estimate of drug-likeness (QED) is 0.357. The first-order valence-corrected chi connectivity index (χ1v) is 13.0. The van der Waals surface area contributed by atoms with Gasteiger partial charge in [-0.1, -0.05) is 24.3 Å². The van der Waals surface area contributed by atoms with Crippen LogP contribution in [0.25, 0.3) is 22.0 Å². The zero-order valence-corrected chi connectivity index (χ0v) is 23.0. The molecular weight excluding hydrogens is 508 g/mol. The SMILES string of the molecule is COc1ccc(-c2ccc3nc(NC(C)=O)nc(N4CCN(C(=O)Nc5cccc(C)c5)CC4)c3c2)cc1OC. The summed E-state index contributed by atoms with van der Waals surface area (Å²) in [6.45, 7) is 5.62. The van der Waals surface area contributed by atoms with Gasteiger partial charge in [-0.25, -0.2) is 9.78 Å². The summed E-state index contributed by atoms with van der Waals surface area (Å²) in [5.41, 5.74) is 4.48. The molecule has 2 N–H and O–H groups in total. The van der Waals surface area contributed by atoms with Crippen molar-refractivity contribution in [3.8, 4) is 22.6 Å². The highest BCUT2D eigenvalue weighted by Gasteiger charge is 2.24. The molecule has 10 nitrogen and oxygen atoms in total. The van der Waals surface area contributed by atoms with Crippen LogP contribution in [0.1, 0.15) is 12.5 Å². The van der Waals surface area contributed by atoms with Gasteiger partial charge in [-0.05, 0) is 60.0 Å². The zero-order valence-electron chi connectivity index (χ0n) is 23.0. The first kappa shape index (κ1) is 26.7. The summed E-state index contributed by atoms with van der Waals surface area (Å²) in [6, 6.07) is 19.3. The topological polar surface area (TPSA) is 109 Å². The average molecular weight is 541 g/mol. The fourth-order valence-electron chi connectivity index (χ4n) is 4.81. The molecule has 0 bridgehead atoms. The molecule has 3 aromatic carbocycles. The predicted molar refractivity (Wildman–Crippen MR) is 156 cm³/mol. The molecule has 1 aliphatic heterocycles. The number of nitrogens with one attached hydrogen (secondary N) is 2. The molecule has 40 heavy (non-hydrogen) atoms. The number of hydrogen-bond donors (Lipinski definition) is 2. The van der Waals surface area contributed by atoms with E-state index in [9.17, 15) is 9.59 Å². The van der Waals surface area contributed by atoms with Crippen molar-refractivity contribution in [2.75, 3.05) is 55.9 Å². The number of carbonyl (C=O) groups is 2. The third kappa shape index (κ3) is 5.75. The molecular formula is C30H32N6O4. The van der Waals surface area contributed by atoms with Gasteiger partial charge in [-0.2, -0.15) is 4.98 Å². The molecule has 1 saturated heterocycles. The Balaban J connectivity index is 1.43. The maximum atomic E-state index is 12.9. The molecule has 1 aliphatic rings. The van der Waals surface area contributed by atoms with Gasteiger partial charge in [0.25, 0.3) is 0 Å². The molecule has 0 spiro atoms. The second-order valence-electron chi connectivity index (χ2n) is 9.63. The predicted octanol–water partition coefficient (Wildman–Crippen LogP) is 4.93. The van der Waals surface area contributed by atoms with Crippen LogP contribution >= 0.6 is 0 Å².